The fourth-order valence-corrected chi connectivity index (χ4v) is 5.65. The summed E-state index contributed by atoms with van der Waals surface area (Å²) in [6, 6.07) is 10.1. The molecule has 0 amide bonds. The number of rotatable bonds is 9. The number of carbonyl (C=O) groups excluding carboxylic acids is 1. The van der Waals surface area contributed by atoms with Gasteiger partial charge in [0.05, 0.1) is 53.3 Å². The van der Waals surface area contributed by atoms with Crippen molar-refractivity contribution in [3.63, 3.8) is 0 Å². The Morgan fingerprint density at radius 3 is 2.51 bits per heavy atom. The van der Waals surface area contributed by atoms with Gasteiger partial charge in [0.15, 0.2) is 16.3 Å². The van der Waals surface area contributed by atoms with Crippen molar-refractivity contribution in [2.24, 2.45) is 4.99 Å². The fourth-order valence-electron chi connectivity index (χ4n) is 4.34. The molecule has 10 heteroatoms. The summed E-state index contributed by atoms with van der Waals surface area (Å²) < 4.78 is 24.2. The first-order valence-corrected chi connectivity index (χ1v) is 13.8. The lowest BCUT2D eigenvalue weighted by Crippen LogP contribution is -2.39. The van der Waals surface area contributed by atoms with Gasteiger partial charge in [-0.05, 0) is 76.1 Å². The number of hydrogen-bond acceptors (Lipinski definition) is 8. The van der Waals surface area contributed by atoms with Crippen molar-refractivity contribution in [1.82, 2.24) is 4.57 Å². The van der Waals surface area contributed by atoms with E-state index in [4.69, 9.17) is 30.5 Å². The Bertz CT molecular complexity index is 1590. The molecule has 0 spiro atoms. The molecule has 1 aromatic heterocycles. The van der Waals surface area contributed by atoms with Crippen molar-refractivity contribution in [3.05, 3.63) is 83.5 Å². The van der Waals surface area contributed by atoms with Gasteiger partial charge in [0.1, 0.15) is 5.75 Å². The standard InChI is InChI=1S/C29H31ClN2O6S/c1-7-36-20-11-9-19(10-12-20)25-24(28(34)37-8-2)17(5)31-29-32(25)27(33)23(39-29)15-18-13-21(30)26(38-16(3)4)22(14-18)35-6/h9-16,25H,7-8H2,1-6H3/b23-15-/t25-/m0/s1. The van der Waals surface area contributed by atoms with Crippen LogP contribution in [0.1, 0.15) is 51.8 Å². The Morgan fingerprint density at radius 2 is 1.90 bits per heavy atom. The Labute approximate surface area is 235 Å². The summed E-state index contributed by atoms with van der Waals surface area (Å²) >= 11 is 7.75. The van der Waals surface area contributed by atoms with Crippen molar-refractivity contribution in [1.29, 1.82) is 0 Å². The van der Waals surface area contributed by atoms with Crippen molar-refractivity contribution in [2.75, 3.05) is 20.3 Å². The summed E-state index contributed by atoms with van der Waals surface area (Å²) in [5, 5.41) is 0.370. The van der Waals surface area contributed by atoms with Crippen LogP contribution in [0, 0.1) is 0 Å². The molecule has 0 fully saturated rings. The zero-order valence-electron chi connectivity index (χ0n) is 22.7. The normalized spacial score (nSPS) is 15.2. The number of aromatic nitrogens is 1. The van der Waals surface area contributed by atoms with Crippen LogP contribution < -0.4 is 29.1 Å². The molecule has 1 aliphatic rings. The van der Waals surface area contributed by atoms with E-state index in [-0.39, 0.29) is 18.3 Å². The lowest BCUT2D eigenvalue weighted by Gasteiger charge is -2.24. The van der Waals surface area contributed by atoms with Gasteiger partial charge in [-0.3, -0.25) is 9.36 Å². The molecule has 0 N–H and O–H groups in total. The molecule has 2 aromatic carbocycles. The zero-order chi connectivity index (χ0) is 28.3. The van der Waals surface area contributed by atoms with Crippen molar-refractivity contribution in [3.8, 4) is 17.2 Å². The molecule has 1 aliphatic heterocycles. The van der Waals surface area contributed by atoms with E-state index in [2.05, 4.69) is 4.99 Å². The van der Waals surface area contributed by atoms with E-state index >= 15 is 0 Å². The van der Waals surface area contributed by atoms with Gasteiger partial charge in [-0.15, -0.1) is 0 Å². The number of esters is 1. The summed E-state index contributed by atoms with van der Waals surface area (Å²) in [4.78, 5) is 32.0. The summed E-state index contributed by atoms with van der Waals surface area (Å²) in [6.45, 7) is 9.94. The van der Waals surface area contributed by atoms with Gasteiger partial charge in [-0.1, -0.05) is 35.1 Å². The largest absolute Gasteiger partial charge is 0.494 e. The van der Waals surface area contributed by atoms with Crippen LogP contribution in [0.3, 0.4) is 0 Å². The van der Waals surface area contributed by atoms with E-state index < -0.39 is 12.0 Å². The highest BCUT2D eigenvalue weighted by molar-refractivity contribution is 7.07. The molecular weight excluding hydrogens is 540 g/mol. The molecule has 2 heterocycles. The van der Waals surface area contributed by atoms with Crippen LogP contribution in [0.5, 0.6) is 17.2 Å². The second-order valence-corrected chi connectivity index (χ2v) is 10.4. The SMILES string of the molecule is CCOC(=O)C1=C(C)N=c2s/c(=C\c3cc(Cl)c(OC(C)C)c(OC)c3)c(=O)n2[C@H]1c1ccc(OCC)cc1. The number of ether oxygens (including phenoxy) is 4. The third-order valence-corrected chi connectivity index (χ3v) is 7.19. The molecule has 0 bridgehead atoms. The van der Waals surface area contributed by atoms with Crippen LogP contribution in [-0.2, 0) is 9.53 Å². The molecule has 0 saturated heterocycles. The molecule has 8 nitrogen and oxygen atoms in total. The lowest BCUT2D eigenvalue weighted by molar-refractivity contribution is -0.139. The third-order valence-electron chi connectivity index (χ3n) is 5.93. The summed E-state index contributed by atoms with van der Waals surface area (Å²) in [6.07, 6.45) is 1.64. The highest BCUT2D eigenvalue weighted by Crippen LogP contribution is 2.37. The van der Waals surface area contributed by atoms with E-state index in [0.717, 1.165) is 5.56 Å². The molecule has 0 aliphatic carbocycles. The van der Waals surface area contributed by atoms with Gasteiger partial charge in [-0.2, -0.15) is 0 Å². The van der Waals surface area contributed by atoms with Gasteiger partial charge in [0.2, 0.25) is 0 Å². The number of halogens is 1. The van der Waals surface area contributed by atoms with Gasteiger partial charge in [-0.25, -0.2) is 9.79 Å². The summed E-state index contributed by atoms with van der Waals surface area (Å²) in [5.74, 6) is 1.09. The third kappa shape index (κ3) is 5.89. The highest BCUT2D eigenvalue weighted by atomic mass is 35.5. The molecule has 39 heavy (non-hydrogen) atoms. The van der Waals surface area contributed by atoms with E-state index in [1.165, 1.54) is 18.4 Å². The molecule has 206 valence electrons. The molecule has 0 unspecified atom stereocenters. The molecule has 3 aromatic rings. The van der Waals surface area contributed by atoms with Crippen LogP contribution in [0.4, 0.5) is 0 Å². The van der Waals surface area contributed by atoms with E-state index in [0.29, 0.717) is 55.0 Å². The number of methoxy groups -OCH3 is 1. The van der Waals surface area contributed by atoms with E-state index in [1.807, 2.05) is 45.0 Å². The van der Waals surface area contributed by atoms with Gasteiger partial charge < -0.3 is 18.9 Å². The first kappa shape index (κ1) is 28.4. The minimum absolute atomic E-state index is 0.0922. The molecule has 0 radical (unpaired) electrons. The van der Waals surface area contributed by atoms with Crippen molar-refractivity contribution >= 4 is 35.0 Å². The zero-order valence-corrected chi connectivity index (χ0v) is 24.3. The molecule has 1 atom stereocenters. The molecule has 0 saturated carbocycles. The van der Waals surface area contributed by atoms with Crippen LogP contribution in [0.25, 0.3) is 6.08 Å². The Balaban J connectivity index is 1.89. The second-order valence-electron chi connectivity index (χ2n) is 9.01. The van der Waals surface area contributed by atoms with Crippen LogP contribution in [-0.4, -0.2) is 37.0 Å². The number of thiazole rings is 1. The summed E-state index contributed by atoms with van der Waals surface area (Å²) in [7, 11) is 1.53. The number of carbonyl (C=O) groups is 1. The monoisotopic (exact) mass is 570 g/mol. The minimum Gasteiger partial charge on any atom is -0.494 e. The maximum atomic E-state index is 13.8. The Hall–Kier alpha value is -3.56. The van der Waals surface area contributed by atoms with Crippen LogP contribution in [0.15, 0.2) is 57.5 Å². The lowest BCUT2D eigenvalue weighted by atomic mass is 9.96. The molecular formula is C29H31ClN2O6S. The number of hydrogen-bond donors (Lipinski definition) is 0. The predicted octanol–water partition coefficient (Wildman–Crippen LogP) is 4.65. The number of allylic oxidation sites excluding steroid dienone is 1. The van der Waals surface area contributed by atoms with Gasteiger partial charge in [0.25, 0.3) is 5.56 Å². The topological polar surface area (TPSA) is 88.4 Å². The Kier molecular flexibility index (Phi) is 8.82. The van der Waals surface area contributed by atoms with E-state index in [1.54, 1.807) is 36.6 Å². The van der Waals surface area contributed by atoms with Crippen molar-refractivity contribution in [2.45, 2.75) is 46.8 Å². The van der Waals surface area contributed by atoms with Crippen molar-refractivity contribution < 1.29 is 23.7 Å². The van der Waals surface area contributed by atoms with E-state index in [9.17, 15) is 9.59 Å². The average molecular weight is 571 g/mol. The second kappa shape index (κ2) is 12.1. The number of fused-ring (bicyclic) bond motifs is 1. The summed E-state index contributed by atoms with van der Waals surface area (Å²) in [5.41, 5.74) is 1.94. The minimum atomic E-state index is -0.710. The van der Waals surface area contributed by atoms with Gasteiger partial charge in [0, 0.05) is 0 Å². The number of benzene rings is 2. The average Bonchev–Trinajstić information content (AvgIpc) is 3.19. The first-order valence-electron chi connectivity index (χ1n) is 12.6. The van der Waals surface area contributed by atoms with Gasteiger partial charge >= 0.3 is 5.97 Å². The van der Waals surface area contributed by atoms with Crippen LogP contribution >= 0.6 is 22.9 Å². The maximum absolute atomic E-state index is 13.8. The fraction of sp³-hybridized carbons (Fsp3) is 0.345. The highest BCUT2D eigenvalue weighted by Gasteiger charge is 2.33. The quantitative estimate of drug-likeness (QED) is 0.348. The van der Waals surface area contributed by atoms with Crippen LogP contribution in [0.2, 0.25) is 5.02 Å². The maximum Gasteiger partial charge on any atom is 0.338 e. The predicted molar refractivity (Wildman–Crippen MR) is 152 cm³/mol. The first-order chi connectivity index (χ1) is 18.7. The smallest absolute Gasteiger partial charge is 0.338 e. The Morgan fingerprint density at radius 1 is 1.18 bits per heavy atom. The number of nitrogens with zero attached hydrogens (tertiary/aromatic N) is 2. The molecule has 4 rings (SSSR count).